The van der Waals surface area contributed by atoms with E-state index in [0.29, 0.717) is 18.1 Å². The molecule has 0 bridgehead atoms. The summed E-state index contributed by atoms with van der Waals surface area (Å²) >= 11 is 6.13. The van der Waals surface area contributed by atoms with E-state index in [1.165, 1.54) is 22.4 Å². The van der Waals surface area contributed by atoms with Crippen LogP contribution in [0.4, 0.5) is 0 Å². The van der Waals surface area contributed by atoms with Crippen LogP contribution in [0.5, 0.6) is 0 Å². The molecule has 3 aromatic rings. The lowest BCUT2D eigenvalue weighted by Gasteiger charge is -2.12. The minimum atomic E-state index is -0.188. The zero-order chi connectivity index (χ0) is 20.2. The van der Waals surface area contributed by atoms with Crippen molar-refractivity contribution >= 4 is 17.6 Å². The molecule has 0 N–H and O–H groups in total. The van der Waals surface area contributed by atoms with Gasteiger partial charge in [0.25, 0.3) is 0 Å². The fraction of sp³-hybridized carbons (Fsp3) is 0.292. The Morgan fingerprint density at radius 1 is 1.10 bits per heavy atom. The zero-order valence-electron chi connectivity index (χ0n) is 16.5. The van der Waals surface area contributed by atoms with Crippen LogP contribution in [-0.2, 0) is 35.2 Å². The SMILES string of the molecule is CCOC(=O)Cc1ccc(Cc2cc(-c3cncc(Cl)c3)nc3c2CCC3)cc1. The number of benzene rings is 1. The molecule has 0 saturated heterocycles. The summed E-state index contributed by atoms with van der Waals surface area (Å²) in [6.45, 7) is 2.23. The molecule has 148 valence electrons. The number of ether oxygens (including phenoxy) is 1. The molecular formula is C24H23ClN2O2. The standard InChI is InChI=1S/C24H23ClN2O2/c1-2-29-24(28)11-17-8-6-16(7-9-17)10-18-13-23(19-12-20(25)15-26-14-19)27-22-5-3-4-21(18)22/h6-9,12-15H,2-5,10-11H2,1H3. The third-order valence-corrected chi connectivity index (χ3v) is 5.42. The van der Waals surface area contributed by atoms with Gasteiger partial charge in [-0.25, -0.2) is 0 Å². The molecule has 5 heteroatoms. The van der Waals surface area contributed by atoms with Crippen molar-refractivity contribution in [3.05, 3.63) is 81.8 Å². The van der Waals surface area contributed by atoms with E-state index in [0.717, 1.165) is 42.5 Å². The Morgan fingerprint density at radius 3 is 2.66 bits per heavy atom. The molecule has 4 rings (SSSR count). The number of rotatable bonds is 6. The molecule has 29 heavy (non-hydrogen) atoms. The number of pyridine rings is 2. The number of fused-ring (bicyclic) bond motifs is 1. The second kappa shape index (κ2) is 8.75. The van der Waals surface area contributed by atoms with Crippen molar-refractivity contribution in [3.63, 3.8) is 0 Å². The molecule has 0 spiro atoms. The van der Waals surface area contributed by atoms with Crippen LogP contribution in [0, 0.1) is 0 Å². The van der Waals surface area contributed by atoms with E-state index in [2.05, 4.69) is 23.2 Å². The number of esters is 1. The van der Waals surface area contributed by atoms with Gasteiger partial charge >= 0.3 is 5.97 Å². The normalized spacial score (nSPS) is 12.6. The third-order valence-electron chi connectivity index (χ3n) is 5.21. The van der Waals surface area contributed by atoms with Gasteiger partial charge in [-0.2, -0.15) is 0 Å². The first-order valence-corrected chi connectivity index (χ1v) is 10.4. The minimum absolute atomic E-state index is 0.188. The predicted molar refractivity (Wildman–Crippen MR) is 114 cm³/mol. The molecule has 2 heterocycles. The van der Waals surface area contributed by atoms with E-state index < -0.39 is 0 Å². The molecule has 2 aromatic heterocycles. The average molecular weight is 407 g/mol. The average Bonchev–Trinajstić information content (AvgIpc) is 3.19. The maximum absolute atomic E-state index is 11.7. The molecule has 4 nitrogen and oxygen atoms in total. The monoisotopic (exact) mass is 406 g/mol. The van der Waals surface area contributed by atoms with Crippen LogP contribution in [0.1, 0.15) is 41.3 Å². The lowest BCUT2D eigenvalue weighted by molar-refractivity contribution is -0.142. The first-order chi connectivity index (χ1) is 14.1. The molecule has 0 atom stereocenters. The Bertz CT molecular complexity index is 1030. The Kier molecular flexibility index (Phi) is 5.91. The minimum Gasteiger partial charge on any atom is -0.466 e. The van der Waals surface area contributed by atoms with Crippen LogP contribution in [0.2, 0.25) is 5.02 Å². The predicted octanol–water partition coefficient (Wildman–Crippen LogP) is 4.98. The molecule has 1 aliphatic rings. The van der Waals surface area contributed by atoms with E-state index in [1.54, 1.807) is 6.20 Å². The highest BCUT2D eigenvalue weighted by atomic mass is 35.5. The van der Waals surface area contributed by atoms with Crippen molar-refractivity contribution in [2.45, 2.75) is 39.0 Å². The van der Waals surface area contributed by atoms with Crippen molar-refractivity contribution in [3.8, 4) is 11.3 Å². The molecule has 0 saturated carbocycles. The second-order valence-electron chi connectivity index (χ2n) is 7.31. The molecule has 0 unspecified atom stereocenters. The van der Waals surface area contributed by atoms with Gasteiger partial charge in [-0.15, -0.1) is 0 Å². The number of carbonyl (C=O) groups is 1. The Labute approximate surface area is 175 Å². The van der Waals surface area contributed by atoms with Crippen LogP contribution in [0.3, 0.4) is 0 Å². The summed E-state index contributed by atoms with van der Waals surface area (Å²) in [5.41, 5.74) is 7.93. The van der Waals surface area contributed by atoms with Crippen molar-refractivity contribution < 1.29 is 9.53 Å². The highest BCUT2D eigenvalue weighted by Gasteiger charge is 2.19. The van der Waals surface area contributed by atoms with Crippen LogP contribution in [0.15, 0.2) is 48.8 Å². The van der Waals surface area contributed by atoms with Crippen LogP contribution >= 0.6 is 11.6 Å². The first-order valence-electron chi connectivity index (χ1n) is 9.98. The summed E-state index contributed by atoms with van der Waals surface area (Å²) in [6, 6.07) is 12.3. The number of aryl methyl sites for hydroxylation is 1. The van der Waals surface area contributed by atoms with Gasteiger partial charge in [0.1, 0.15) is 0 Å². The van der Waals surface area contributed by atoms with Gasteiger partial charge in [0.05, 0.1) is 23.7 Å². The quantitative estimate of drug-likeness (QED) is 0.541. The van der Waals surface area contributed by atoms with Crippen LogP contribution < -0.4 is 0 Å². The second-order valence-corrected chi connectivity index (χ2v) is 7.75. The summed E-state index contributed by atoms with van der Waals surface area (Å²) in [5, 5.41) is 0.614. The number of halogens is 1. The molecule has 1 aliphatic carbocycles. The van der Waals surface area contributed by atoms with Gasteiger partial charge in [-0.1, -0.05) is 35.9 Å². The fourth-order valence-electron chi connectivity index (χ4n) is 3.86. The lowest BCUT2D eigenvalue weighted by Crippen LogP contribution is -2.07. The molecule has 0 radical (unpaired) electrons. The van der Waals surface area contributed by atoms with Crippen molar-refractivity contribution in [2.24, 2.45) is 0 Å². The Hall–Kier alpha value is -2.72. The first kappa shape index (κ1) is 19.6. The molecule has 0 amide bonds. The summed E-state index contributed by atoms with van der Waals surface area (Å²) in [4.78, 5) is 20.8. The van der Waals surface area contributed by atoms with Gasteiger partial charge in [-0.05, 0) is 67.0 Å². The Morgan fingerprint density at radius 2 is 1.90 bits per heavy atom. The summed E-state index contributed by atoms with van der Waals surface area (Å²) in [6.07, 6.45) is 7.83. The maximum atomic E-state index is 11.7. The van der Waals surface area contributed by atoms with E-state index in [1.807, 2.05) is 31.3 Å². The fourth-order valence-corrected chi connectivity index (χ4v) is 4.03. The summed E-state index contributed by atoms with van der Waals surface area (Å²) in [7, 11) is 0. The lowest BCUT2D eigenvalue weighted by atomic mass is 9.97. The molecule has 0 fully saturated rings. The maximum Gasteiger partial charge on any atom is 0.310 e. The van der Waals surface area contributed by atoms with E-state index in [-0.39, 0.29) is 5.97 Å². The third kappa shape index (κ3) is 4.65. The zero-order valence-corrected chi connectivity index (χ0v) is 17.2. The van der Waals surface area contributed by atoms with Gasteiger partial charge < -0.3 is 4.74 Å². The Balaban J connectivity index is 1.59. The van der Waals surface area contributed by atoms with Crippen LogP contribution in [-0.4, -0.2) is 22.5 Å². The topological polar surface area (TPSA) is 52.1 Å². The molecular weight excluding hydrogens is 384 g/mol. The number of aromatic nitrogens is 2. The molecule has 0 aliphatic heterocycles. The number of hydrogen-bond donors (Lipinski definition) is 0. The van der Waals surface area contributed by atoms with Gasteiger partial charge in [0.2, 0.25) is 0 Å². The number of hydrogen-bond acceptors (Lipinski definition) is 4. The highest BCUT2D eigenvalue weighted by Crippen LogP contribution is 2.30. The largest absolute Gasteiger partial charge is 0.466 e. The van der Waals surface area contributed by atoms with E-state index in [4.69, 9.17) is 21.3 Å². The van der Waals surface area contributed by atoms with E-state index in [9.17, 15) is 4.79 Å². The summed E-state index contributed by atoms with van der Waals surface area (Å²) in [5.74, 6) is -0.188. The van der Waals surface area contributed by atoms with Crippen LogP contribution in [0.25, 0.3) is 11.3 Å². The summed E-state index contributed by atoms with van der Waals surface area (Å²) < 4.78 is 5.03. The smallest absolute Gasteiger partial charge is 0.310 e. The van der Waals surface area contributed by atoms with E-state index >= 15 is 0 Å². The van der Waals surface area contributed by atoms with Gasteiger partial charge in [-0.3, -0.25) is 14.8 Å². The van der Waals surface area contributed by atoms with Crippen molar-refractivity contribution in [2.75, 3.05) is 6.61 Å². The van der Waals surface area contributed by atoms with Gasteiger partial charge in [0.15, 0.2) is 0 Å². The highest BCUT2D eigenvalue weighted by molar-refractivity contribution is 6.30. The molecule has 1 aromatic carbocycles. The number of nitrogens with zero attached hydrogens (tertiary/aromatic N) is 2. The van der Waals surface area contributed by atoms with Gasteiger partial charge in [0, 0.05) is 23.7 Å². The van der Waals surface area contributed by atoms with Crippen molar-refractivity contribution in [1.82, 2.24) is 9.97 Å². The number of carbonyl (C=O) groups excluding carboxylic acids is 1. The van der Waals surface area contributed by atoms with Crippen molar-refractivity contribution in [1.29, 1.82) is 0 Å².